The van der Waals surface area contributed by atoms with E-state index in [0.717, 1.165) is 30.0 Å². The Hall–Kier alpha value is -2.01. The van der Waals surface area contributed by atoms with Gasteiger partial charge in [-0.25, -0.2) is 4.79 Å². The number of hydrogen-bond acceptors (Lipinski definition) is 3. The van der Waals surface area contributed by atoms with Gasteiger partial charge in [-0.3, -0.25) is 0 Å². The zero-order valence-electron chi connectivity index (χ0n) is 14.1. The van der Waals surface area contributed by atoms with Gasteiger partial charge in [-0.2, -0.15) is 0 Å². The van der Waals surface area contributed by atoms with E-state index in [-0.39, 0.29) is 6.03 Å². The molecule has 2 amide bonds. The van der Waals surface area contributed by atoms with Crippen LogP contribution in [0.4, 0.5) is 10.5 Å². The molecule has 1 aromatic rings. The fraction of sp³-hybridized carbons (Fsp3) is 0.500. The predicted octanol–water partition coefficient (Wildman–Crippen LogP) is 3.25. The number of hydrogen-bond donors (Lipinski definition) is 2. The first-order valence-electron chi connectivity index (χ1n) is 8.17. The molecule has 1 aliphatic rings. The summed E-state index contributed by atoms with van der Waals surface area (Å²) in [7, 11) is 2.15. The molecule has 0 radical (unpaired) electrons. The monoisotopic (exact) mass is 317 g/mol. The van der Waals surface area contributed by atoms with Gasteiger partial charge in [0.1, 0.15) is 12.4 Å². The fourth-order valence-corrected chi connectivity index (χ4v) is 2.71. The average Bonchev–Trinajstić information content (AvgIpc) is 2.92. The summed E-state index contributed by atoms with van der Waals surface area (Å²) in [5, 5.41) is 5.75. The van der Waals surface area contributed by atoms with Gasteiger partial charge in [0, 0.05) is 18.3 Å². The number of carbonyl (C=O) groups excluding carboxylic acids is 1. The number of amides is 2. The first-order chi connectivity index (χ1) is 11.0. The topological polar surface area (TPSA) is 53.6 Å². The second-order valence-corrected chi connectivity index (χ2v) is 6.22. The number of ether oxygens (including phenoxy) is 1. The Morgan fingerprint density at radius 1 is 1.39 bits per heavy atom. The third-order valence-corrected chi connectivity index (χ3v) is 4.03. The maximum absolute atomic E-state index is 11.9. The minimum Gasteiger partial charge on any atom is -0.489 e. The van der Waals surface area contributed by atoms with Crippen molar-refractivity contribution >= 4 is 11.7 Å². The van der Waals surface area contributed by atoms with E-state index in [1.165, 1.54) is 12.8 Å². The molecule has 0 aromatic heterocycles. The molecule has 0 aliphatic carbocycles. The SMILES string of the molecule is C=C(C)COc1ccc(NC(=O)NCC[C@@H]2CCCN2C)cc1. The zero-order valence-corrected chi connectivity index (χ0v) is 14.1. The molecule has 1 aromatic carbocycles. The van der Waals surface area contributed by atoms with Gasteiger partial charge >= 0.3 is 6.03 Å². The predicted molar refractivity (Wildman–Crippen MR) is 94.0 cm³/mol. The van der Waals surface area contributed by atoms with Crippen LogP contribution in [0.5, 0.6) is 5.75 Å². The lowest BCUT2D eigenvalue weighted by Crippen LogP contribution is -2.34. The van der Waals surface area contributed by atoms with Gasteiger partial charge in [0.2, 0.25) is 0 Å². The molecule has 2 rings (SSSR count). The van der Waals surface area contributed by atoms with E-state index in [1.54, 1.807) is 0 Å². The molecule has 0 spiro atoms. The van der Waals surface area contributed by atoms with Crippen molar-refractivity contribution in [3.63, 3.8) is 0 Å². The molecule has 23 heavy (non-hydrogen) atoms. The van der Waals surface area contributed by atoms with Crippen molar-refractivity contribution in [1.29, 1.82) is 0 Å². The smallest absolute Gasteiger partial charge is 0.319 e. The maximum Gasteiger partial charge on any atom is 0.319 e. The molecule has 0 unspecified atom stereocenters. The van der Waals surface area contributed by atoms with Crippen LogP contribution in [0, 0.1) is 0 Å². The van der Waals surface area contributed by atoms with Crippen LogP contribution in [-0.4, -0.2) is 43.7 Å². The lowest BCUT2D eigenvalue weighted by molar-refractivity contribution is 0.248. The van der Waals surface area contributed by atoms with E-state index >= 15 is 0 Å². The first kappa shape index (κ1) is 17.3. The highest BCUT2D eigenvalue weighted by Gasteiger charge is 2.20. The average molecular weight is 317 g/mol. The van der Waals surface area contributed by atoms with Crippen LogP contribution >= 0.6 is 0 Å². The van der Waals surface area contributed by atoms with Crippen molar-refractivity contribution in [2.75, 3.05) is 32.1 Å². The second kappa shape index (κ2) is 8.58. The Kier molecular flexibility index (Phi) is 6.47. The zero-order chi connectivity index (χ0) is 16.7. The van der Waals surface area contributed by atoms with Crippen LogP contribution in [-0.2, 0) is 0 Å². The van der Waals surface area contributed by atoms with E-state index < -0.39 is 0 Å². The molecular formula is C18H27N3O2. The van der Waals surface area contributed by atoms with Gasteiger partial charge in [-0.1, -0.05) is 6.58 Å². The summed E-state index contributed by atoms with van der Waals surface area (Å²) in [5.74, 6) is 0.767. The van der Waals surface area contributed by atoms with Crippen molar-refractivity contribution in [1.82, 2.24) is 10.2 Å². The standard InChI is InChI=1S/C18H27N3O2/c1-14(2)13-23-17-8-6-15(7-9-17)20-18(22)19-11-10-16-5-4-12-21(16)3/h6-9,16H,1,4-5,10-13H2,2-3H3,(H2,19,20,22)/t16-/m0/s1. The number of nitrogens with one attached hydrogen (secondary N) is 2. The minimum absolute atomic E-state index is 0.166. The molecule has 2 N–H and O–H groups in total. The molecule has 0 saturated carbocycles. The maximum atomic E-state index is 11.9. The largest absolute Gasteiger partial charge is 0.489 e. The van der Waals surface area contributed by atoms with Crippen LogP contribution in [0.25, 0.3) is 0 Å². The van der Waals surface area contributed by atoms with Crippen LogP contribution < -0.4 is 15.4 Å². The summed E-state index contributed by atoms with van der Waals surface area (Å²) in [6, 6.07) is 7.77. The summed E-state index contributed by atoms with van der Waals surface area (Å²) in [6.45, 7) is 8.08. The number of benzene rings is 1. The highest BCUT2D eigenvalue weighted by Crippen LogP contribution is 2.17. The van der Waals surface area contributed by atoms with Crippen LogP contribution in [0.1, 0.15) is 26.2 Å². The van der Waals surface area contributed by atoms with Crippen molar-refractivity contribution in [3.8, 4) is 5.75 Å². The van der Waals surface area contributed by atoms with Crippen molar-refractivity contribution in [2.45, 2.75) is 32.2 Å². The highest BCUT2D eigenvalue weighted by atomic mass is 16.5. The summed E-state index contributed by atoms with van der Waals surface area (Å²) in [6.07, 6.45) is 3.48. The highest BCUT2D eigenvalue weighted by molar-refractivity contribution is 5.89. The quantitative estimate of drug-likeness (QED) is 0.759. The molecule has 5 heteroatoms. The number of nitrogens with zero attached hydrogens (tertiary/aromatic N) is 1. The summed E-state index contributed by atoms with van der Waals surface area (Å²) < 4.78 is 5.53. The van der Waals surface area contributed by atoms with Gasteiger partial charge in [0.25, 0.3) is 0 Å². The normalized spacial score (nSPS) is 17.7. The number of urea groups is 1. The van der Waals surface area contributed by atoms with E-state index in [2.05, 4.69) is 29.2 Å². The number of rotatable bonds is 7. The van der Waals surface area contributed by atoms with E-state index in [9.17, 15) is 4.79 Å². The molecule has 126 valence electrons. The van der Waals surface area contributed by atoms with Crippen LogP contribution in [0.15, 0.2) is 36.4 Å². The van der Waals surface area contributed by atoms with Crippen molar-refractivity contribution in [2.24, 2.45) is 0 Å². The number of carbonyl (C=O) groups is 1. The Balaban J connectivity index is 1.69. The molecule has 1 fully saturated rings. The first-order valence-corrected chi connectivity index (χ1v) is 8.17. The van der Waals surface area contributed by atoms with Crippen LogP contribution in [0.2, 0.25) is 0 Å². The summed E-state index contributed by atoms with van der Waals surface area (Å²) in [5.41, 5.74) is 1.72. The molecule has 1 aliphatic heterocycles. The lowest BCUT2D eigenvalue weighted by Gasteiger charge is -2.19. The molecule has 1 heterocycles. The Labute approximate surface area is 138 Å². The van der Waals surface area contributed by atoms with Gasteiger partial charge in [0.05, 0.1) is 0 Å². The third-order valence-electron chi connectivity index (χ3n) is 4.03. The number of likely N-dealkylation sites (tertiary alicyclic amines) is 1. The Bertz CT molecular complexity index is 528. The number of anilines is 1. The lowest BCUT2D eigenvalue weighted by atomic mass is 10.1. The van der Waals surface area contributed by atoms with Gasteiger partial charge in [-0.15, -0.1) is 0 Å². The van der Waals surface area contributed by atoms with Gasteiger partial charge in [0.15, 0.2) is 0 Å². The fourth-order valence-electron chi connectivity index (χ4n) is 2.71. The van der Waals surface area contributed by atoms with Crippen molar-refractivity contribution in [3.05, 3.63) is 36.4 Å². The Morgan fingerprint density at radius 3 is 2.74 bits per heavy atom. The minimum atomic E-state index is -0.166. The molecule has 5 nitrogen and oxygen atoms in total. The van der Waals surface area contributed by atoms with Crippen LogP contribution in [0.3, 0.4) is 0 Å². The Morgan fingerprint density at radius 2 is 2.13 bits per heavy atom. The molecule has 0 bridgehead atoms. The van der Waals surface area contributed by atoms with Gasteiger partial charge in [-0.05, 0) is 69.6 Å². The third kappa shape index (κ3) is 5.94. The van der Waals surface area contributed by atoms with Crippen molar-refractivity contribution < 1.29 is 9.53 Å². The van der Waals surface area contributed by atoms with E-state index in [4.69, 9.17) is 4.74 Å². The second-order valence-electron chi connectivity index (χ2n) is 6.22. The van der Waals surface area contributed by atoms with Gasteiger partial charge < -0.3 is 20.3 Å². The molecule has 1 saturated heterocycles. The summed E-state index contributed by atoms with van der Waals surface area (Å²) in [4.78, 5) is 14.3. The molecule has 1 atom stereocenters. The summed E-state index contributed by atoms with van der Waals surface area (Å²) >= 11 is 0. The van der Waals surface area contributed by atoms with E-state index in [0.29, 0.717) is 19.2 Å². The molecular weight excluding hydrogens is 290 g/mol. The van der Waals surface area contributed by atoms with E-state index in [1.807, 2.05) is 31.2 Å².